The molecular formula is C11H11ClO4. The highest BCUT2D eigenvalue weighted by Crippen LogP contribution is 2.22. The molecular weight excluding hydrogens is 232 g/mol. The third-order valence-electron chi connectivity index (χ3n) is 2.01. The van der Waals surface area contributed by atoms with Crippen LogP contribution in [0.4, 0.5) is 0 Å². The van der Waals surface area contributed by atoms with E-state index in [2.05, 4.69) is 0 Å². The topological polar surface area (TPSA) is 63.6 Å². The zero-order valence-corrected chi connectivity index (χ0v) is 9.40. The van der Waals surface area contributed by atoms with E-state index in [1.165, 1.54) is 12.1 Å². The molecule has 1 aromatic rings. The van der Waals surface area contributed by atoms with E-state index >= 15 is 0 Å². The monoisotopic (exact) mass is 242 g/mol. The largest absolute Gasteiger partial charge is 0.479 e. The van der Waals surface area contributed by atoms with Gasteiger partial charge in [0.1, 0.15) is 5.75 Å². The predicted octanol–water partition coefficient (Wildman–Crippen LogP) is 2.39. The smallest absolute Gasteiger partial charge is 0.344 e. The van der Waals surface area contributed by atoms with Crippen LogP contribution in [0, 0.1) is 0 Å². The molecule has 0 aliphatic rings. The molecule has 0 saturated carbocycles. The van der Waals surface area contributed by atoms with E-state index in [4.69, 9.17) is 21.4 Å². The third-order valence-corrected chi connectivity index (χ3v) is 2.25. The SMILES string of the molecule is CCC(Oc1ccc(Cl)cc1C=O)C(=O)O. The Labute approximate surface area is 97.8 Å². The fourth-order valence-electron chi connectivity index (χ4n) is 1.18. The van der Waals surface area contributed by atoms with Gasteiger partial charge in [0.05, 0.1) is 5.56 Å². The van der Waals surface area contributed by atoms with Gasteiger partial charge in [-0.05, 0) is 24.6 Å². The molecule has 16 heavy (non-hydrogen) atoms. The number of ether oxygens (including phenoxy) is 1. The Morgan fingerprint density at radius 3 is 2.81 bits per heavy atom. The van der Waals surface area contributed by atoms with Gasteiger partial charge in [0.2, 0.25) is 0 Å². The average Bonchev–Trinajstić information content (AvgIpc) is 2.26. The van der Waals surface area contributed by atoms with E-state index in [0.29, 0.717) is 17.7 Å². The predicted molar refractivity (Wildman–Crippen MR) is 59.2 cm³/mol. The molecule has 1 rings (SSSR count). The van der Waals surface area contributed by atoms with Gasteiger partial charge >= 0.3 is 5.97 Å². The van der Waals surface area contributed by atoms with Gasteiger partial charge in [-0.1, -0.05) is 18.5 Å². The number of carboxylic acids is 1. The molecule has 0 spiro atoms. The number of aldehydes is 1. The summed E-state index contributed by atoms with van der Waals surface area (Å²) in [5, 5.41) is 9.21. The second-order valence-corrected chi connectivity index (χ2v) is 3.59. The molecule has 5 heteroatoms. The number of hydrogen-bond acceptors (Lipinski definition) is 3. The van der Waals surface area contributed by atoms with Gasteiger partial charge in [-0.2, -0.15) is 0 Å². The maximum Gasteiger partial charge on any atom is 0.344 e. The second kappa shape index (κ2) is 5.51. The highest BCUT2D eigenvalue weighted by Gasteiger charge is 2.18. The van der Waals surface area contributed by atoms with Gasteiger partial charge in [0.25, 0.3) is 0 Å². The number of carbonyl (C=O) groups excluding carboxylic acids is 1. The van der Waals surface area contributed by atoms with Crippen molar-refractivity contribution in [1.29, 1.82) is 0 Å². The van der Waals surface area contributed by atoms with Crippen molar-refractivity contribution < 1.29 is 19.4 Å². The van der Waals surface area contributed by atoms with Gasteiger partial charge in [0.15, 0.2) is 12.4 Å². The first-order valence-electron chi connectivity index (χ1n) is 4.72. The van der Waals surface area contributed by atoms with Crippen molar-refractivity contribution in [3.8, 4) is 5.75 Å². The first-order chi connectivity index (χ1) is 7.58. The Bertz CT molecular complexity index is 403. The zero-order valence-electron chi connectivity index (χ0n) is 8.64. The van der Waals surface area contributed by atoms with Crippen LogP contribution in [0.2, 0.25) is 5.02 Å². The van der Waals surface area contributed by atoms with Crippen LogP contribution < -0.4 is 4.74 Å². The van der Waals surface area contributed by atoms with Gasteiger partial charge < -0.3 is 9.84 Å². The number of aliphatic carboxylic acids is 1. The van der Waals surface area contributed by atoms with Crippen LogP contribution in [-0.4, -0.2) is 23.5 Å². The van der Waals surface area contributed by atoms with Gasteiger partial charge in [-0.15, -0.1) is 0 Å². The number of rotatable bonds is 5. The van der Waals surface area contributed by atoms with Crippen LogP contribution in [0.1, 0.15) is 23.7 Å². The minimum atomic E-state index is -1.06. The van der Waals surface area contributed by atoms with Crippen LogP contribution >= 0.6 is 11.6 Å². The fraction of sp³-hybridized carbons (Fsp3) is 0.273. The van der Waals surface area contributed by atoms with E-state index < -0.39 is 12.1 Å². The van der Waals surface area contributed by atoms with Gasteiger partial charge in [0, 0.05) is 5.02 Å². The zero-order chi connectivity index (χ0) is 12.1. The fourth-order valence-corrected chi connectivity index (χ4v) is 1.36. The first kappa shape index (κ1) is 12.5. The highest BCUT2D eigenvalue weighted by molar-refractivity contribution is 6.30. The lowest BCUT2D eigenvalue weighted by Crippen LogP contribution is -2.26. The molecule has 0 bridgehead atoms. The lowest BCUT2D eigenvalue weighted by molar-refractivity contribution is -0.145. The average molecular weight is 243 g/mol. The van der Waals surface area contributed by atoms with E-state index in [1.807, 2.05) is 0 Å². The Balaban J connectivity index is 2.95. The molecule has 0 amide bonds. The summed E-state index contributed by atoms with van der Waals surface area (Å²) < 4.78 is 5.21. The summed E-state index contributed by atoms with van der Waals surface area (Å²) in [5.41, 5.74) is 0.243. The van der Waals surface area contributed by atoms with Crippen LogP contribution in [0.25, 0.3) is 0 Å². The Kier molecular flexibility index (Phi) is 4.31. The van der Waals surface area contributed by atoms with Crippen molar-refractivity contribution >= 4 is 23.9 Å². The minimum Gasteiger partial charge on any atom is -0.479 e. The third kappa shape index (κ3) is 2.97. The number of halogens is 1. The molecule has 1 unspecified atom stereocenters. The van der Waals surface area contributed by atoms with Crippen molar-refractivity contribution in [2.75, 3.05) is 0 Å². The molecule has 0 aromatic heterocycles. The molecule has 1 aromatic carbocycles. The summed E-state index contributed by atoms with van der Waals surface area (Å²) in [4.78, 5) is 21.5. The summed E-state index contributed by atoms with van der Waals surface area (Å²) in [6.45, 7) is 1.69. The summed E-state index contributed by atoms with van der Waals surface area (Å²) >= 11 is 5.70. The molecule has 4 nitrogen and oxygen atoms in total. The summed E-state index contributed by atoms with van der Waals surface area (Å²) in [6, 6.07) is 4.45. The quantitative estimate of drug-likeness (QED) is 0.806. The Morgan fingerprint density at radius 1 is 1.62 bits per heavy atom. The van der Waals surface area contributed by atoms with Crippen LogP contribution in [0.15, 0.2) is 18.2 Å². The Morgan fingerprint density at radius 2 is 2.31 bits per heavy atom. The molecule has 0 heterocycles. The van der Waals surface area contributed by atoms with Crippen molar-refractivity contribution in [2.24, 2.45) is 0 Å². The maximum atomic E-state index is 10.8. The number of benzene rings is 1. The molecule has 0 fully saturated rings. The van der Waals surface area contributed by atoms with Crippen LogP contribution in [0.3, 0.4) is 0 Å². The molecule has 0 aliphatic carbocycles. The van der Waals surface area contributed by atoms with Gasteiger partial charge in [-0.3, -0.25) is 4.79 Å². The van der Waals surface area contributed by atoms with Crippen molar-refractivity contribution in [2.45, 2.75) is 19.4 Å². The summed E-state index contributed by atoms with van der Waals surface area (Å²) in [7, 11) is 0. The molecule has 0 aliphatic heterocycles. The second-order valence-electron chi connectivity index (χ2n) is 3.15. The standard InChI is InChI=1S/C11H11ClO4/c1-2-9(11(14)15)16-10-4-3-8(12)5-7(10)6-13/h3-6,9H,2H2,1H3,(H,14,15). The normalized spacial score (nSPS) is 11.9. The molecule has 86 valence electrons. The van der Waals surface area contributed by atoms with Crippen LogP contribution in [0.5, 0.6) is 5.75 Å². The minimum absolute atomic E-state index is 0.230. The van der Waals surface area contributed by atoms with Gasteiger partial charge in [-0.25, -0.2) is 4.79 Å². The van der Waals surface area contributed by atoms with E-state index in [9.17, 15) is 9.59 Å². The first-order valence-corrected chi connectivity index (χ1v) is 5.10. The Hall–Kier alpha value is -1.55. The maximum absolute atomic E-state index is 10.8. The molecule has 1 atom stereocenters. The molecule has 0 saturated heterocycles. The van der Waals surface area contributed by atoms with Crippen LogP contribution in [-0.2, 0) is 4.79 Å². The number of hydrogen-bond donors (Lipinski definition) is 1. The van der Waals surface area contributed by atoms with E-state index in [1.54, 1.807) is 13.0 Å². The lowest BCUT2D eigenvalue weighted by atomic mass is 10.2. The van der Waals surface area contributed by atoms with Crippen molar-refractivity contribution in [3.05, 3.63) is 28.8 Å². The van der Waals surface area contributed by atoms with E-state index in [0.717, 1.165) is 0 Å². The lowest BCUT2D eigenvalue weighted by Gasteiger charge is -2.14. The highest BCUT2D eigenvalue weighted by atomic mass is 35.5. The van der Waals surface area contributed by atoms with E-state index in [-0.39, 0.29) is 11.3 Å². The number of carbonyl (C=O) groups is 2. The molecule has 0 radical (unpaired) electrons. The summed E-state index contributed by atoms with van der Waals surface area (Å²) in [6.07, 6.45) is -0.0636. The van der Waals surface area contributed by atoms with Crippen molar-refractivity contribution in [3.63, 3.8) is 0 Å². The number of carboxylic acid groups (broad SMARTS) is 1. The summed E-state index contributed by atoms with van der Waals surface area (Å²) in [5.74, 6) is -0.831. The van der Waals surface area contributed by atoms with Crippen molar-refractivity contribution in [1.82, 2.24) is 0 Å². The molecule has 1 N–H and O–H groups in total.